The fraction of sp³-hybridized carbons (Fsp3) is 0.333. The molecule has 2 aromatic rings. The molecule has 1 N–H and O–H groups in total. The Morgan fingerprint density at radius 1 is 1.41 bits per heavy atom. The fourth-order valence-electron chi connectivity index (χ4n) is 1.50. The lowest BCUT2D eigenvalue weighted by atomic mass is 10.1. The van der Waals surface area contributed by atoms with Crippen LogP contribution in [0.4, 0.5) is 4.39 Å². The highest BCUT2D eigenvalue weighted by Gasteiger charge is 2.06. The summed E-state index contributed by atoms with van der Waals surface area (Å²) in [6.07, 6.45) is 0.480. The van der Waals surface area contributed by atoms with Crippen molar-refractivity contribution in [1.29, 1.82) is 0 Å². The number of nitrogens with one attached hydrogen (secondary N) is 1. The number of halogens is 1. The van der Waals surface area contributed by atoms with Crippen LogP contribution in [0.3, 0.4) is 0 Å². The summed E-state index contributed by atoms with van der Waals surface area (Å²) >= 11 is 0. The lowest BCUT2D eigenvalue weighted by molar-refractivity contribution is 0.365. The van der Waals surface area contributed by atoms with Crippen LogP contribution in [0.2, 0.25) is 0 Å². The molecule has 0 aliphatic carbocycles. The summed E-state index contributed by atoms with van der Waals surface area (Å²) < 4.78 is 18.0. The first-order valence-corrected chi connectivity index (χ1v) is 5.54. The summed E-state index contributed by atoms with van der Waals surface area (Å²) in [6.45, 7) is 3.41. The van der Waals surface area contributed by atoms with Gasteiger partial charge in [0.15, 0.2) is 5.82 Å². The van der Waals surface area contributed by atoms with Gasteiger partial charge >= 0.3 is 0 Å². The molecular weight excluding hydrogens is 221 g/mol. The molecule has 0 unspecified atom stereocenters. The molecule has 2 rings (SSSR count). The number of hydrogen-bond acceptors (Lipinski definition) is 4. The van der Waals surface area contributed by atoms with Crippen LogP contribution in [0.15, 0.2) is 28.8 Å². The third kappa shape index (κ3) is 3.35. The van der Waals surface area contributed by atoms with Gasteiger partial charge in [0.2, 0.25) is 5.89 Å². The third-order valence-corrected chi connectivity index (χ3v) is 2.29. The molecule has 0 saturated carbocycles. The van der Waals surface area contributed by atoms with Crippen LogP contribution in [0, 0.1) is 5.82 Å². The second-order valence-corrected chi connectivity index (χ2v) is 3.69. The minimum Gasteiger partial charge on any atom is -0.338 e. The maximum atomic E-state index is 13.0. The van der Waals surface area contributed by atoms with Gasteiger partial charge in [0.1, 0.15) is 5.82 Å². The van der Waals surface area contributed by atoms with E-state index in [2.05, 4.69) is 15.5 Å². The van der Waals surface area contributed by atoms with E-state index in [0.717, 1.165) is 12.1 Å². The van der Waals surface area contributed by atoms with E-state index in [9.17, 15) is 4.39 Å². The van der Waals surface area contributed by atoms with Gasteiger partial charge in [-0.2, -0.15) is 4.98 Å². The molecule has 0 atom stereocenters. The monoisotopic (exact) mass is 235 g/mol. The van der Waals surface area contributed by atoms with Gasteiger partial charge in [0, 0.05) is 6.42 Å². The van der Waals surface area contributed by atoms with Crippen molar-refractivity contribution in [3.63, 3.8) is 0 Å². The number of benzene rings is 1. The first kappa shape index (κ1) is 11.7. The molecule has 4 nitrogen and oxygen atoms in total. The number of rotatable bonds is 5. The Hall–Kier alpha value is -1.75. The Kier molecular flexibility index (Phi) is 3.82. The van der Waals surface area contributed by atoms with Gasteiger partial charge in [-0.05, 0) is 24.2 Å². The van der Waals surface area contributed by atoms with Gasteiger partial charge in [-0.3, -0.25) is 0 Å². The van der Waals surface area contributed by atoms with Crippen LogP contribution in [-0.4, -0.2) is 16.7 Å². The van der Waals surface area contributed by atoms with E-state index in [1.54, 1.807) is 6.07 Å². The van der Waals surface area contributed by atoms with Crippen LogP contribution >= 0.6 is 0 Å². The largest absolute Gasteiger partial charge is 0.338 e. The van der Waals surface area contributed by atoms with Gasteiger partial charge in [0.25, 0.3) is 0 Å². The topological polar surface area (TPSA) is 51.0 Å². The zero-order chi connectivity index (χ0) is 12.1. The van der Waals surface area contributed by atoms with Crippen molar-refractivity contribution in [3.05, 3.63) is 47.4 Å². The highest BCUT2D eigenvalue weighted by atomic mass is 19.1. The van der Waals surface area contributed by atoms with Crippen LogP contribution in [0.1, 0.15) is 24.2 Å². The number of nitrogens with zero attached hydrogens (tertiary/aromatic N) is 2. The van der Waals surface area contributed by atoms with E-state index in [-0.39, 0.29) is 5.82 Å². The second-order valence-electron chi connectivity index (χ2n) is 3.69. The normalized spacial score (nSPS) is 10.7. The zero-order valence-corrected chi connectivity index (χ0v) is 9.61. The summed E-state index contributed by atoms with van der Waals surface area (Å²) in [7, 11) is 0. The van der Waals surface area contributed by atoms with Gasteiger partial charge in [-0.15, -0.1) is 0 Å². The average molecular weight is 235 g/mol. The molecular formula is C12H14FN3O. The summed E-state index contributed by atoms with van der Waals surface area (Å²) in [5.74, 6) is 0.876. The summed E-state index contributed by atoms with van der Waals surface area (Å²) in [5.41, 5.74) is 0.834. The van der Waals surface area contributed by atoms with Gasteiger partial charge in [-0.1, -0.05) is 24.2 Å². The average Bonchev–Trinajstić information content (AvgIpc) is 2.74. The first-order valence-electron chi connectivity index (χ1n) is 5.54. The molecule has 0 fully saturated rings. The van der Waals surface area contributed by atoms with E-state index in [0.29, 0.717) is 24.7 Å². The fourth-order valence-corrected chi connectivity index (χ4v) is 1.50. The summed E-state index contributed by atoms with van der Waals surface area (Å²) in [4.78, 5) is 4.21. The van der Waals surface area contributed by atoms with Crippen molar-refractivity contribution in [2.75, 3.05) is 6.54 Å². The van der Waals surface area contributed by atoms with E-state index >= 15 is 0 Å². The van der Waals surface area contributed by atoms with Crippen molar-refractivity contribution in [2.24, 2.45) is 0 Å². The van der Waals surface area contributed by atoms with Crippen molar-refractivity contribution in [3.8, 4) is 0 Å². The quantitative estimate of drug-likeness (QED) is 0.860. The third-order valence-electron chi connectivity index (χ3n) is 2.29. The maximum Gasteiger partial charge on any atom is 0.240 e. The molecule has 5 heteroatoms. The van der Waals surface area contributed by atoms with Gasteiger partial charge < -0.3 is 9.84 Å². The van der Waals surface area contributed by atoms with Crippen LogP contribution < -0.4 is 5.32 Å². The van der Waals surface area contributed by atoms with E-state index in [1.807, 2.05) is 13.0 Å². The van der Waals surface area contributed by atoms with E-state index in [4.69, 9.17) is 4.52 Å². The minimum absolute atomic E-state index is 0.251. The lowest BCUT2D eigenvalue weighted by Crippen LogP contribution is -2.11. The summed E-state index contributed by atoms with van der Waals surface area (Å²) in [5, 5.41) is 6.94. The molecule has 0 saturated heterocycles. The minimum atomic E-state index is -0.251. The zero-order valence-electron chi connectivity index (χ0n) is 9.61. The molecule has 1 heterocycles. The predicted molar refractivity (Wildman–Crippen MR) is 60.9 cm³/mol. The SMILES string of the molecule is CCNCc1nc(Cc2cccc(F)c2)no1. The van der Waals surface area contributed by atoms with Crippen LogP contribution in [0.25, 0.3) is 0 Å². The second kappa shape index (κ2) is 5.54. The first-order chi connectivity index (χ1) is 8.28. The molecule has 90 valence electrons. The Morgan fingerprint density at radius 2 is 2.29 bits per heavy atom. The molecule has 17 heavy (non-hydrogen) atoms. The summed E-state index contributed by atoms with van der Waals surface area (Å²) in [6, 6.07) is 6.39. The molecule has 0 amide bonds. The Labute approximate surface area is 98.8 Å². The van der Waals surface area contributed by atoms with E-state index < -0.39 is 0 Å². The standard InChI is InChI=1S/C12H14FN3O/c1-2-14-8-12-15-11(16-17-12)7-9-4-3-5-10(13)6-9/h3-6,14H,2,7-8H2,1H3. The smallest absolute Gasteiger partial charge is 0.240 e. The van der Waals surface area contributed by atoms with Crippen molar-refractivity contribution in [2.45, 2.75) is 19.9 Å². The highest BCUT2D eigenvalue weighted by Crippen LogP contribution is 2.08. The molecule has 0 radical (unpaired) electrons. The van der Waals surface area contributed by atoms with Crippen molar-refractivity contribution >= 4 is 0 Å². The van der Waals surface area contributed by atoms with Gasteiger partial charge in [-0.25, -0.2) is 4.39 Å². The molecule has 1 aromatic heterocycles. The van der Waals surface area contributed by atoms with Crippen molar-refractivity contribution in [1.82, 2.24) is 15.5 Å². The van der Waals surface area contributed by atoms with Crippen LogP contribution in [0.5, 0.6) is 0 Å². The molecule has 0 spiro atoms. The van der Waals surface area contributed by atoms with Crippen molar-refractivity contribution < 1.29 is 8.91 Å². The maximum absolute atomic E-state index is 13.0. The van der Waals surface area contributed by atoms with Gasteiger partial charge in [0.05, 0.1) is 6.54 Å². The van der Waals surface area contributed by atoms with E-state index in [1.165, 1.54) is 12.1 Å². The molecule has 1 aromatic carbocycles. The number of aromatic nitrogens is 2. The Morgan fingerprint density at radius 3 is 3.06 bits per heavy atom. The predicted octanol–water partition coefficient (Wildman–Crippen LogP) is 1.91. The number of hydrogen-bond donors (Lipinski definition) is 1. The Balaban J connectivity index is 2.01. The lowest BCUT2D eigenvalue weighted by Gasteiger charge is -1.96. The molecule has 0 bridgehead atoms. The Bertz CT molecular complexity index is 484. The molecule has 0 aliphatic heterocycles. The highest BCUT2D eigenvalue weighted by molar-refractivity contribution is 5.19. The molecule has 0 aliphatic rings. The van der Waals surface area contributed by atoms with Crippen LogP contribution in [-0.2, 0) is 13.0 Å².